The Bertz CT molecular complexity index is 478. The van der Waals surface area contributed by atoms with Gasteiger partial charge in [0.25, 0.3) is 0 Å². The molecule has 110 valence electrons. The maximum absolute atomic E-state index is 11.6. The number of benzene rings is 1. The van der Waals surface area contributed by atoms with Crippen molar-refractivity contribution < 1.29 is 14.3 Å². The normalized spacial score (nSPS) is 22.0. The van der Waals surface area contributed by atoms with E-state index in [1.807, 2.05) is 26.0 Å². The molecule has 2 rings (SSSR count). The van der Waals surface area contributed by atoms with Gasteiger partial charge in [0.05, 0.1) is 14.2 Å². The Morgan fingerprint density at radius 2 is 2.00 bits per heavy atom. The molecule has 1 aliphatic rings. The lowest BCUT2D eigenvalue weighted by Crippen LogP contribution is -2.55. The molecule has 1 aliphatic carbocycles. The molecule has 0 spiro atoms. The predicted octanol–water partition coefficient (Wildman–Crippen LogP) is 2.48. The molecule has 1 aromatic carbocycles. The zero-order chi connectivity index (χ0) is 14.8. The van der Waals surface area contributed by atoms with E-state index < -0.39 is 5.54 Å². The van der Waals surface area contributed by atoms with E-state index in [0.29, 0.717) is 12.0 Å². The van der Waals surface area contributed by atoms with Crippen LogP contribution in [0.5, 0.6) is 5.75 Å². The molecular formula is C16H23NO3. The number of hydrogen-bond donors (Lipinski definition) is 1. The lowest BCUT2D eigenvalue weighted by molar-refractivity contribution is -0.147. The van der Waals surface area contributed by atoms with Gasteiger partial charge in [-0.2, -0.15) is 0 Å². The second-order valence-electron chi connectivity index (χ2n) is 5.90. The predicted molar refractivity (Wildman–Crippen MR) is 78.0 cm³/mol. The molecule has 1 saturated carbocycles. The maximum atomic E-state index is 11.6. The fourth-order valence-electron chi connectivity index (χ4n) is 2.73. The Hall–Kier alpha value is -1.55. The minimum absolute atomic E-state index is 0.220. The molecule has 4 nitrogen and oxygen atoms in total. The molecule has 4 heteroatoms. The third-order valence-corrected chi connectivity index (χ3v) is 3.96. The van der Waals surface area contributed by atoms with Gasteiger partial charge in [0.1, 0.15) is 11.3 Å². The number of carbonyl (C=O) groups is 1. The van der Waals surface area contributed by atoms with Crippen molar-refractivity contribution in [2.45, 2.75) is 44.2 Å². The molecule has 0 radical (unpaired) electrons. The van der Waals surface area contributed by atoms with Gasteiger partial charge in [-0.25, -0.2) is 0 Å². The summed E-state index contributed by atoms with van der Waals surface area (Å²) in [6.45, 7) is 3.72. The highest BCUT2D eigenvalue weighted by molar-refractivity contribution is 5.79. The molecule has 20 heavy (non-hydrogen) atoms. The highest BCUT2D eigenvalue weighted by atomic mass is 16.5. The van der Waals surface area contributed by atoms with Gasteiger partial charge in [0, 0.05) is 6.04 Å². The molecule has 0 aliphatic heterocycles. The van der Waals surface area contributed by atoms with Crippen LogP contribution in [0.1, 0.15) is 38.2 Å². The smallest absolute Gasteiger partial charge is 0.325 e. The Morgan fingerprint density at radius 1 is 1.30 bits per heavy atom. The number of esters is 1. The zero-order valence-electron chi connectivity index (χ0n) is 12.6. The molecule has 0 amide bonds. The summed E-state index contributed by atoms with van der Waals surface area (Å²) >= 11 is 0. The molecule has 0 atom stereocenters. The summed E-state index contributed by atoms with van der Waals surface area (Å²) in [4.78, 5) is 11.6. The van der Waals surface area contributed by atoms with Crippen molar-refractivity contribution in [3.8, 4) is 5.75 Å². The molecule has 1 N–H and O–H groups in total. The van der Waals surface area contributed by atoms with Crippen LogP contribution in [0.3, 0.4) is 0 Å². The largest absolute Gasteiger partial charge is 0.497 e. The molecule has 0 bridgehead atoms. The minimum atomic E-state index is -0.626. The first kappa shape index (κ1) is 14.9. The van der Waals surface area contributed by atoms with Gasteiger partial charge < -0.3 is 9.47 Å². The fourth-order valence-corrected chi connectivity index (χ4v) is 2.73. The maximum Gasteiger partial charge on any atom is 0.325 e. The van der Waals surface area contributed by atoms with E-state index in [1.54, 1.807) is 7.11 Å². The summed E-state index contributed by atoms with van der Waals surface area (Å²) < 4.78 is 10.1. The lowest BCUT2D eigenvalue weighted by Gasteiger charge is -2.40. The zero-order valence-corrected chi connectivity index (χ0v) is 12.6. The van der Waals surface area contributed by atoms with Crippen LogP contribution >= 0.6 is 0 Å². The quantitative estimate of drug-likeness (QED) is 0.840. The van der Waals surface area contributed by atoms with Gasteiger partial charge in [-0.3, -0.25) is 10.1 Å². The topological polar surface area (TPSA) is 47.6 Å². The van der Waals surface area contributed by atoms with Crippen molar-refractivity contribution in [3.05, 3.63) is 29.8 Å². The first-order valence-electron chi connectivity index (χ1n) is 6.96. The number of carbonyl (C=O) groups excluding carboxylic acids is 1. The van der Waals surface area contributed by atoms with Gasteiger partial charge in [0.2, 0.25) is 0 Å². The highest BCUT2D eigenvalue weighted by Crippen LogP contribution is 2.38. The van der Waals surface area contributed by atoms with Crippen LogP contribution in [0.25, 0.3) is 0 Å². The summed E-state index contributed by atoms with van der Waals surface area (Å²) in [5.41, 5.74) is 0.678. The van der Waals surface area contributed by atoms with Crippen molar-refractivity contribution in [1.82, 2.24) is 5.32 Å². The highest BCUT2D eigenvalue weighted by Gasteiger charge is 2.37. The molecule has 0 saturated heterocycles. The second-order valence-corrected chi connectivity index (χ2v) is 5.90. The van der Waals surface area contributed by atoms with Gasteiger partial charge in [-0.15, -0.1) is 0 Å². The van der Waals surface area contributed by atoms with Crippen molar-refractivity contribution >= 4 is 5.97 Å². The average Bonchev–Trinajstić information content (AvgIpc) is 2.41. The Kier molecular flexibility index (Phi) is 4.33. The van der Waals surface area contributed by atoms with Crippen LogP contribution in [0, 0.1) is 0 Å². The molecule has 0 unspecified atom stereocenters. The van der Waals surface area contributed by atoms with E-state index in [0.717, 1.165) is 18.6 Å². The van der Waals surface area contributed by atoms with E-state index in [4.69, 9.17) is 9.47 Å². The average molecular weight is 277 g/mol. The van der Waals surface area contributed by atoms with E-state index >= 15 is 0 Å². The van der Waals surface area contributed by atoms with Crippen LogP contribution in [0.4, 0.5) is 0 Å². The first-order chi connectivity index (χ1) is 9.46. The van der Waals surface area contributed by atoms with E-state index in [9.17, 15) is 4.79 Å². The number of hydrogen-bond acceptors (Lipinski definition) is 4. The van der Waals surface area contributed by atoms with Crippen LogP contribution in [0.15, 0.2) is 24.3 Å². The first-order valence-corrected chi connectivity index (χ1v) is 6.96. The van der Waals surface area contributed by atoms with E-state index in [2.05, 4.69) is 17.4 Å². The molecule has 1 fully saturated rings. The lowest BCUT2D eigenvalue weighted by atomic mass is 9.75. The van der Waals surface area contributed by atoms with Gasteiger partial charge in [-0.05, 0) is 50.3 Å². The Labute approximate surface area is 120 Å². The van der Waals surface area contributed by atoms with Gasteiger partial charge >= 0.3 is 5.97 Å². The summed E-state index contributed by atoms with van der Waals surface area (Å²) in [6.07, 6.45) is 2.07. The summed E-state index contributed by atoms with van der Waals surface area (Å²) in [5.74, 6) is 1.21. The number of rotatable bonds is 5. The Morgan fingerprint density at radius 3 is 2.60 bits per heavy atom. The number of nitrogens with one attached hydrogen (secondary N) is 1. The third kappa shape index (κ3) is 3.12. The summed E-state index contributed by atoms with van der Waals surface area (Å²) in [6, 6.07) is 8.56. The van der Waals surface area contributed by atoms with Crippen LogP contribution in [0.2, 0.25) is 0 Å². The molecule has 0 heterocycles. The number of methoxy groups -OCH3 is 2. The van der Waals surface area contributed by atoms with Crippen LogP contribution in [-0.4, -0.2) is 31.8 Å². The second kappa shape index (κ2) is 5.83. The number of ether oxygens (including phenoxy) is 2. The summed E-state index contributed by atoms with van der Waals surface area (Å²) in [7, 11) is 3.11. The van der Waals surface area contributed by atoms with E-state index in [-0.39, 0.29) is 5.97 Å². The molecular weight excluding hydrogens is 254 g/mol. The van der Waals surface area contributed by atoms with Crippen molar-refractivity contribution in [1.29, 1.82) is 0 Å². The standard InChI is InChI=1S/C16H23NO3/c1-16(2,15(18)20-4)17-13-8-12(9-13)11-6-5-7-14(10-11)19-3/h5-7,10,12-13,17H,8-9H2,1-4H3. The molecule has 1 aromatic rings. The van der Waals surface area contributed by atoms with E-state index in [1.165, 1.54) is 12.7 Å². The Balaban J connectivity index is 1.90. The van der Waals surface area contributed by atoms with Crippen molar-refractivity contribution in [3.63, 3.8) is 0 Å². The van der Waals surface area contributed by atoms with Crippen LogP contribution < -0.4 is 10.1 Å². The van der Waals surface area contributed by atoms with Crippen LogP contribution in [-0.2, 0) is 9.53 Å². The monoisotopic (exact) mass is 277 g/mol. The minimum Gasteiger partial charge on any atom is -0.497 e. The van der Waals surface area contributed by atoms with Crippen molar-refractivity contribution in [2.75, 3.05) is 14.2 Å². The van der Waals surface area contributed by atoms with Gasteiger partial charge in [0.15, 0.2) is 0 Å². The van der Waals surface area contributed by atoms with Crippen molar-refractivity contribution in [2.24, 2.45) is 0 Å². The fraction of sp³-hybridized carbons (Fsp3) is 0.562. The summed E-state index contributed by atoms with van der Waals surface area (Å²) in [5, 5.41) is 3.37. The molecule has 0 aromatic heterocycles. The third-order valence-electron chi connectivity index (χ3n) is 3.96. The van der Waals surface area contributed by atoms with Gasteiger partial charge in [-0.1, -0.05) is 12.1 Å². The SMILES string of the molecule is COC(=O)C(C)(C)NC1CC(c2cccc(OC)c2)C1.